The van der Waals surface area contributed by atoms with Crippen LogP contribution < -0.4 is 26.6 Å². The minimum atomic E-state index is -0.824. The number of nitrogens with one attached hydrogen (secondary N) is 3. The van der Waals surface area contributed by atoms with Gasteiger partial charge in [-0.2, -0.15) is 0 Å². The fraction of sp³-hybridized carbons (Fsp3) is 0.429. The van der Waals surface area contributed by atoms with Crippen molar-refractivity contribution in [1.82, 2.24) is 20.2 Å². The molecular formula is C35H42N4O9. The molecule has 0 bridgehead atoms. The standard InChI is InChI=1S/C35H42N4O9/c1-5-28-29(48-33(43)15-14-30(41)36-3)19-32(47-28)39-20-25(34(44)38-35(39)45)11-13-31(42)37-16-6-7-27(40)21(2)22-8-9-24-18-26(46-4)12-10-23(24)17-22/h8-13,17-18,20-21,28-29,32H,5-7,14-16,19H2,1-4H3,(H,36,41)(H,37,42)(H,38,44,45)/b13-11+/t21-,28+,29?,32+/m0/s1. The summed E-state index contributed by atoms with van der Waals surface area (Å²) in [5.41, 5.74) is -0.435. The molecule has 0 aliphatic carbocycles. The second-order valence-electron chi connectivity index (χ2n) is 11.6. The third-order valence-corrected chi connectivity index (χ3v) is 8.37. The van der Waals surface area contributed by atoms with Crippen LogP contribution >= 0.6 is 0 Å². The number of aromatic amines is 1. The number of benzene rings is 2. The van der Waals surface area contributed by atoms with E-state index >= 15 is 0 Å². The number of hydrogen-bond acceptors (Lipinski definition) is 9. The number of methoxy groups -OCH3 is 1. The van der Waals surface area contributed by atoms with E-state index in [-0.39, 0.29) is 55.4 Å². The predicted octanol–water partition coefficient (Wildman–Crippen LogP) is 3.12. The monoisotopic (exact) mass is 662 g/mol. The molecule has 3 aromatic rings. The summed E-state index contributed by atoms with van der Waals surface area (Å²) in [6.07, 6.45) is 3.07. The zero-order valence-corrected chi connectivity index (χ0v) is 27.6. The Morgan fingerprint density at radius 3 is 2.56 bits per heavy atom. The lowest BCUT2D eigenvalue weighted by atomic mass is 9.92. The summed E-state index contributed by atoms with van der Waals surface area (Å²) in [7, 11) is 3.10. The molecule has 48 heavy (non-hydrogen) atoms. The summed E-state index contributed by atoms with van der Waals surface area (Å²) < 4.78 is 18.0. The van der Waals surface area contributed by atoms with Gasteiger partial charge in [0.2, 0.25) is 11.8 Å². The van der Waals surface area contributed by atoms with Gasteiger partial charge in [-0.05, 0) is 47.4 Å². The number of carbonyl (C=O) groups is 4. The van der Waals surface area contributed by atoms with E-state index in [1.54, 1.807) is 7.11 Å². The molecule has 0 spiro atoms. The smallest absolute Gasteiger partial charge is 0.330 e. The number of ether oxygens (including phenoxy) is 3. The van der Waals surface area contributed by atoms with Crippen LogP contribution in [0.4, 0.5) is 0 Å². The number of nitrogens with zero attached hydrogens (tertiary/aromatic N) is 1. The average molecular weight is 663 g/mol. The number of esters is 1. The van der Waals surface area contributed by atoms with E-state index in [9.17, 15) is 28.8 Å². The minimum Gasteiger partial charge on any atom is -0.497 e. The van der Waals surface area contributed by atoms with Crippen LogP contribution in [-0.2, 0) is 28.7 Å². The van der Waals surface area contributed by atoms with Crippen molar-refractivity contribution in [3.8, 4) is 5.75 Å². The first-order chi connectivity index (χ1) is 23.0. The van der Waals surface area contributed by atoms with Gasteiger partial charge in [0, 0.05) is 51.0 Å². The normalized spacial score (nSPS) is 18.0. The molecule has 4 atom stereocenters. The van der Waals surface area contributed by atoms with Gasteiger partial charge in [-0.1, -0.05) is 38.1 Å². The van der Waals surface area contributed by atoms with E-state index in [2.05, 4.69) is 15.6 Å². The Morgan fingerprint density at radius 2 is 1.83 bits per heavy atom. The second kappa shape index (κ2) is 16.7. The summed E-state index contributed by atoms with van der Waals surface area (Å²) in [5, 5.41) is 7.19. The highest BCUT2D eigenvalue weighted by Gasteiger charge is 2.38. The molecule has 1 aromatic heterocycles. The van der Waals surface area contributed by atoms with Crippen molar-refractivity contribution < 1.29 is 33.4 Å². The lowest BCUT2D eigenvalue weighted by molar-refractivity contribution is -0.153. The number of carbonyl (C=O) groups excluding carboxylic acids is 4. The first kappa shape index (κ1) is 35.8. The maximum Gasteiger partial charge on any atom is 0.330 e. The van der Waals surface area contributed by atoms with Gasteiger partial charge in [-0.15, -0.1) is 0 Å². The van der Waals surface area contributed by atoms with Crippen molar-refractivity contribution in [2.45, 2.75) is 76.7 Å². The van der Waals surface area contributed by atoms with E-state index in [0.717, 1.165) is 22.1 Å². The zero-order chi connectivity index (χ0) is 34.8. The van der Waals surface area contributed by atoms with Crippen LogP contribution in [0.25, 0.3) is 16.8 Å². The fourth-order valence-electron chi connectivity index (χ4n) is 5.50. The van der Waals surface area contributed by atoms with Gasteiger partial charge in [0.05, 0.1) is 25.2 Å². The largest absolute Gasteiger partial charge is 0.497 e. The first-order valence-corrected chi connectivity index (χ1v) is 16.0. The number of Topliss-reactive ketones (excluding diaryl/α,β-unsaturated/α-hetero) is 1. The Bertz CT molecular complexity index is 1790. The number of hydrogen-bond donors (Lipinski definition) is 3. The lowest BCUT2D eigenvalue weighted by Gasteiger charge is -2.17. The molecule has 2 heterocycles. The number of aromatic nitrogens is 2. The average Bonchev–Trinajstić information content (AvgIpc) is 3.49. The van der Waals surface area contributed by atoms with E-state index < -0.39 is 41.6 Å². The third-order valence-electron chi connectivity index (χ3n) is 8.37. The maximum absolute atomic E-state index is 12.9. The molecule has 256 valence electrons. The number of H-pyrrole nitrogens is 1. The van der Waals surface area contributed by atoms with Crippen molar-refractivity contribution in [1.29, 1.82) is 0 Å². The van der Waals surface area contributed by atoms with Gasteiger partial charge in [0.1, 0.15) is 23.9 Å². The number of ketones is 1. The van der Waals surface area contributed by atoms with Crippen molar-refractivity contribution in [3.63, 3.8) is 0 Å². The quantitative estimate of drug-likeness (QED) is 0.125. The van der Waals surface area contributed by atoms with E-state index in [0.29, 0.717) is 12.8 Å². The Morgan fingerprint density at radius 1 is 1.08 bits per heavy atom. The highest BCUT2D eigenvalue weighted by atomic mass is 16.6. The summed E-state index contributed by atoms with van der Waals surface area (Å²) in [4.78, 5) is 76.4. The van der Waals surface area contributed by atoms with Gasteiger partial charge in [-0.25, -0.2) is 4.79 Å². The molecule has 1 unspecified atom stereocenters. The van der Waals surface area contributed by atoms with Crippen molar-refractivity contribution in [2.75, 3.05) is 20.7 Å². The Balaban J connectivity index is 1.28. The summed E-state index contributed by atoms with van der Waals surface area (Å²) in [6.45, 7) is 3.97. The lowest BCUT2D eigenvalue weighted by Crippen LogP contribution is -2.33. The van der Waals surface area contributed by atoms with Crippen LogP contribution in [0.3, 0.4) is 0 Å². The molecule has 13 nitrogen and oxygen atoms in total. The Labute approximate surface area is 277 Å². The van der Waals surface area contributed by atoms with E-state index in [1.165, 1.54) is 30.0 Å². The Kier molecular flexibility index (Phi) is 12.4. The number of fused-ring (bicyclic) bond motifs is 1. The van der Waals surface area contributed by atoms with Gasteiger partial charge in [-0.3, -0.25) is 33.5 Å². The molecular weight excluding hydrogens is 620 g/mol. The topological polar surface area (TPSA) is 175 Å². The van der Waals surface area contributed by atoms with Crippen LogP contribution in [0.5, 0.6) is 5.75 Å². The molecule has 4 rings (SSSR count). The van der Waals surface area contributed by atoms with Gasteiger partial charge in [0.15, 0.2) is 0 Å². The Hall–Kier alpha value is -5.04. The molecule has 1 saturated heterocycles. The first-order valence-electron chi connectivity index (χ1n) is 16.0. The molecule has 0 radical (unpaired) electrons. The molecule has 2 amide bonds. The van der Waals surface area contributed by atoms with Crippen LogP contribution in [0.1, 0.15) is 75.6 Å². The predicted molar refractivity (Wildman–Crippen MR) is 179 cm³/mol. The molecule has 1 fully saturated rings. The molecule has 1 aliphatic heterocycles. The molecule has 1 aliphatic rings. The van der Waals surface area contributed by atoms with Crippen molar-refractivity contribution in [3.05, 3.63) is 80.6 Å². The SMILES string of the molecule is CC[C@H]1O[C@@H](n2cc(/C=C/C(=O)NCCCC(=O)[C@@H](C)c3ccc4cc(OC)ccc4c3)c(=O)[nH]c2=O)CC1OC(=O)CCC(=O)NC. The van der Waals surface area contributed by atoms with Gasteiger partial charge in [0.25, 0.3) is 5.56 Å². The van der Waals surface area contributed by atoms with Crippen LogP contribution in [-0.4, -0.2) is 66.0 Å². The summed E-state index contributed by atoms with van der Waals surface area (Å²) in [5.74, 6) is -0.787. The third kappa shape index (κ3) is 9.28. The van der Waals surface area contributed by atoms with E-state index in [4.69, 9.17) is 14.2 Å². The molecule has 3 N–H and O–H groups in total. The van der Waals surface area contributed by atoms with Crippen LogP contribution in [0.2, 0.25) is 0 Å². The van der Waals surface area contributed by atoms with Crippen LogP contribution in [0, 0.1) is 0 Å². The highest BCUT2D eigenvalue weighted by Crippen LogP contribution is 2.32. The highest BCUT2D eigenvalue weighted by molar-refractivity contribution is 5.92. The van der Waals surface area contributed by atoms with Crippen molar-refractivity contribution in [2.24, 2.45) is 0 Å². The zero-order valence-electron chi connectivity index (χ0n) is 27.6. The second-order valence-corrected chi connectivity index (χ2v) is 11.6. The van der Waals surface area contributed by atoms with Gasteiger partial charge < -0.3 is 24.8 Å². The minimum absolute atomic E-state index is 0.00788. The summed E-state index contributed by atoms with van der Waals surface area (Å²) >= 11 is 0. The maximum atomic E-state index is 12.9. The van der Waals surface area contributed by atoms with Gasteiger partial charge >= 0.3 is 11.7 Å². The molecule has 0 saturated carbocycles. The molecule has 2 aromatic carbocycles. The van der Waals surface area contributed by atoms with E-state index in [1.807, 2.05) is 50.2 Å². The fourth-order valence-corrected chi connectivity index (χ4v) is 5.50. The van der Waals surface area contributed by atoms with Crippen LogP contribution in [0.15, 0.2) is 58.3 Å². The molecule has 13 heteroatoms. The number of rotatable bonds is 15. The number of amides is 2. The summed E-state index contributed by atoms with van der Waals surface area (Å²) in [6, 6.07) is 11.7. The van der Waals surface area contributed by atoms with Crippen molar-refractivity contribution >= 4 is 40.4 Å².